The normalized spacial score (nSPS) is 13.6. The van der Waals surface area contributed by atoms with Gasteiger partial charge in [0.15, 0.2) is 0 Å². The van der Waals surface area contributed by atoms with E-state index in [1.165, 1.54) is 38.9 Å². The van der Waals surface area contributed by atoms with Crippen molar-refractivity contribution in [1.29, 1.82) is 0 Å². The van der Waals surface area contributed by atoms with Crippen molar-refractivity contribution in [2.24, 2.45) is 0 Å². The molecule has 1 unspecified atom stereocenters. The van der Waals surface area contributed by atoms with Crippen LogP contribution in [0, 0.1) is 0 Å². The van der Waals surface area contributed by atoms with Crippen molar-refractivity contribution in [3.63, 3.8) is 0 Å². The minimum atomic E-state index is 0.257. The van der Waals surface area contributed by atoms with E-state index in [0.717, 1.165) is 73.1 Å². The molecule has 3 aromatic heterocycles. The fraction of sp³-hybridized carbons (Fsp3) is 0.0328. The molecule has 64 heavy (non-hydrogen) atoms. The summed E-state index contributed by atoms with van der Waals surface area (Å²) in [6.07, 6.45) is 11.9. The zero-order valence-electron chi connectivity index (χ0n) is 35.2. The molecule has 302 valence electrons. The molecule has 8 aromatic carbocycles. The molecule has 0 aliphatic heterocycles. The molecule has 1 atom stereocenters. The predicted molar refractivity (Wildman–Crippen MR) is 268 cm³/mol. The van der Waals surface area contributed by atoms with E-state index < -0.39 is 0 Å². The van der Waals surface area contributed by atoms with E-state index in [9.17, 15) is 0 Å². The fourth-order valence-electron chi connectivity index (χ4n) is 10.0. The van der Waals surface area contributed by atoms with E-state index >= 15 is 0 Å². The Hall–Kier alpha value is -8.27. The lowest BCUT2D eigenvalue weighted by atomic mass is 9.85. The summed E-state index contributed by atoms with van der Waals surface area (Å²) in [6.45, 7) is 0. The van der Waals surface area contributed by atoms with E-state index in [-0.39, 0.29) is 5.92 Å². The molecule has 0 saturated carbocycles. The monoisotopic (exact) mass is 817 g/mol. The average molecular weight is 818 g/mol. The van der Waals surface area contributed by atoms with Crippen molar-refractivity contribution in [3.8, 4) is 67.5 Å². The summed E-state index contributed by atoms with van der Waals surface area (Å²) in [4.78, 5) is 5.28. The van der Waals surface area contributed by atoms with Gasteiger partial charge in [0.25, 0.3) is 0 Å². The second-order valence-corrected chi connectivity index (χ2v) is 16.6. The predicted octanol–water partition coefficient (Wildman–Crippen LogP) is 16.1. The minimum absolute atomic E-state index is 0.257. The number of hydrogen-bond acceptors (Lipinski definition) is 1. The average Bonchev–Trinajstić information content (AvgIpc) is 4.03. The van der Waals surface area contributed by atoms with Gasteiger partial charge in [0, 0.05) is 40.1 Å². The number of rotatable bonds is 8. The second kappa shape index (κ2) is 15.9. The van der Waals surface area contributed by atoms with E-state index in [4.69, 9.17) is 4.98 Å². The molecule has 1 aliphatic rings. The van der Waals surface area contributed by atoms with Crippen molar-refractivity contribution >= 4 is 32.3 Å². The summed E-state index contributed by atoms with van der Waals surface area (Å²) >= 11 is 0. The fourth-order valence-corrected chi connectivity index (χ4v) is 10.0. The molecule has 0 N–H and O–H groups in total. The van der Waals surface area contributed by atoms with Crippen LogP contribution in [0.5, 0.6) is 0 Å². The molecular formula is C61H43N3. The Bertz CT molecular complexity index is 3500. The largest absolute Gasteiger partial charge is 0.313 e. The first-order valence-electron chi connectivity index (χ1n) is 22.2. The van der Waals surface area contributed by atoms with Crippen LogP contribution in [-0.4, -0.2) is 14.1 Å². The lowest BCUT2D eigenvalue weighted by Gasteiger charge is -2.23. The first-order valence-corrected chi connectivity index (χ1v) is 22.2. The molecular weight excluding hydrogens is 775 g/mol. The topological polar surface area (TPSA) is 22.8 Å². The van der Waals surface area contributed by atoms with Gasteiger partial charge in [0.1, 0.15) is 0 Å². The van der Waals surface area contributed by atoms with Crippen molar-refractivity contribution in [2.45, 2.75) is 12.3 Å². The highest BCUT2D eigenvalue weighted by molar-refractivity contribution is 6.23. The van der Waals surface area contributed by atoms with Gasteiger partial charge in [-0.3, -0.25) is 4.98 Å². The molecule has 0 saturated heterocycles. The highest BCUT2D eigenvalue weighted by atomic mass is 15.0. The summed E-state index contributed by atoms with van der Waals surface area (Å²) in [5, 5.41) is 6.96. The zero-order chi connectivity index (χ0) is 42.4. The van der Waals surface area contributed by atoms with Gasteiger partial charge in [-0.2, -0.15) is 0 Å². The molecule has 3 nitrogen and oxygen atoms in total. The third-order valence-corrected chi connectivity index (χ3v) is 12.9. The van der Waals surface area contributed by atoms with Crippen LogP contribution in [0.4, 0.5) is 0 Å². The summed E-state index contributed by atoms with van der Waals surface area (Å²) in [5.74, 6) is 0.257. The van der Waals surface area contributed by atoms with E-state index in [2.05, 4.69) is 246 Å². The molecule has 3 heterocycles. The smallest absolute Gasteiger partial charge is 0.0792 e. The molecule has 3 heteroatoms. The SMILES string of the molecule is C1=CCC(c2ccc(-c3ccccc3)n2-c2ccc3c(-c4nccc5ccccc45)c4cc(-n5c(-c6ccccc6)ccc5-c5ccccc5)ccc4c(-c4ccccc4)c3c2)C=C1. The first kappa shape index (κ1) is 37.5. The van der Waals surface area contributed by atoms with Crippen LogP contribution in [0.1, 0.15) is 18.0 Å². The number of hydrogen-bond donors (Lipinski definition) is 0. The number of benzene rings is 8. The van der Waals surface area contributed by atoms with Crippen molar-refractivity contribution in [3.05, 3.63) is 249 Å². The third-order valence-electron chi connectivity index (χ3n) is 12.9. The number of pyridine rings is 1. The molecule has 11 aromatic rings. The maximum Gasteiger partial charge on any atom is 0.0792 e. The van der Waals surface area contributed by atoms with E-state index in [1.807, 2.05) is 6.20 Å². The van der Waals surface area contributed by atoms with Gasteiger partial charge in [-0.05, 0) is 116 Å². The Kier molecular flexibility index (Phi) is 9.31. The van der Waals surface area contributed by atoms with Crippen molar-refractivity contribution in [1.82, 2.24) is 14.1 Å². The first-order chi connectivity index (χ1) is 31.8. The molecule has 0 radical (unpaired) electrons. The van der Waals surface area contributed by atoms with Crippen molar-refractivity contribution in [2.75, 3.05) is 0 Å². The number of fused-ring (bicyclic) bond motifs is 3. The summed E-state index contributed by atoms with van der Waals surface area (Å²) in [6, 6.07) is 77.3. The minimum Gasteiger partial charge on any atom is -0.313 e. The number of aromatic nitrogens is 3. The Morgan fingerprint density at radius 2 is 0.906 bits per heavy atom. The van der Waals surface area contributed by atoms with Crippen LogP contribution in [-0.2, 0) is 0 Å². The van der Waals surface area contributed by atoms with Gasteiger partial charge >= 0.3 is 0 Å². The van der Waals surface area contributed by atoms with Gasteiger partial charge < -0.3 is 9.13 Å². The summed E-state index contributed by atoms with van der Waals surface area (Å²) in [7, 11) is 0. The van der Waals surface area contributed by atoms with Crippen LogP contribution in [0.2, 0.25) is 0 Å². The van der Waals surface area contributed by atoms with Gasteiger partial charge in [-0.25, -0.2) is 0 Å². The Balaban J connectivity index is 1.20. The highest BCUT2D eigenvalue weighted by Crippen LogP contribution is 2.47. The van der Waals surface area contributed by atoms with Crippen LogP contribution < -0.4 is 0 Å². The van der Waals surface area contributed by atoms with Crippen LogP contribution in [0.25, 0.3) is 99.8 Å². The quantitative estimate of drug-likeness (QED) is 0.140. The third kappa shape index (κ3) is 6.40. The number of allylic oxidation sites excluding steroid dienone is 4. The molecule has 0 fully saturated rings. The van der Waals surface area contributed by atoms with Crippen LogP contribution in [0.15, 0.2) is 243 Å². The standard InChI is InChI=1S/C61H43N3/c1-6-19-43(20-7-1)55-34-35-56(44-21-8-2-9-22-44)63(55)48-31-33-52-53(40-48)59(47-27-14-5-15-28-47)51-32-30-49(41-54(51)60(52)61-50-29-17-16-18-42(50)38-39-62-61)64-57(45-23-10-3-11-24-45)36-37-58(64)46-25-12-4-13-26-46/h1-21,23-41,44H,22H2. The number of nitrogens with zero attached hydrogens (tertiary/aromatic N) is 3. The van der Waals surface area contributed by atoms with Gasteiger partial charge in [-0.15, -0.1) is 0 Å². The van der Waals surface area contributed by atoms with Crippen LogP contribution >= 0.6 is 0 Å². The lowest BCUT2D eigenvalue weighted by molar-refractivity contribution is 0.786. The Labute approximate surface area is 373 Å². The lowest BCUT2D eigenvalue weighted by Crippen LogP contribution is -2.07. The van der Waals surface area contributed by atoms with E-state index in [0.29, 0.717) is 0 Å². The molecule has 0 spiro atoms. The molecule has 0 bridgehead atoms. The highest BCUT2D eigenvalue weighted by Gasteiger charge is 2.24. The maximum atomic E-state index is 5.28. The van der Waals surface area contributed by atoms with E-state index in [1.54, 1.807) is 0 Å². The summed E-state index contributed by atoms with van der Waals surface area (Å²) in [5.41, 5.74) is 14.9. The van der Waals surface area contributed by atoms with Gasteiger partial charge in [-0.1, -0.05) is 182 Å². The van der Waals surface area contributed by atoms with Gasteiger partial charge in [0.2, 0.25) is 0 Å². The van der Waals surface area contributed by atoms with Gasteiger partial charge in [0.05, 0.1) is 22.8 Å². The molecule has 1 aliphatic carbocycles. The van der Waals surface area contributed by atoms with Crippen LogP contribution in [0.3, 0.4) is 0 Å². The second-order valence-electron chi connectivity index (χ2n) is 16.6. The molecule has 0 amide bonds. The Morgan fingerprint density at radius 1 is 0.391 bits per heavy atom. The zero-order valence-corrected chi connectivity index (χ0v) is 35.2. The molecule has 12 rings (SSSR count). The summed E-state index contributed by atoms with van der Waals surface area (Å²) < 4.78 is 4.91. The van der Waals surface area contributed by atoms with Crippen molar-refractivity contribution < 1.29 is 0 Å². The Morgan fingerprint density at radius 3 is 1.52 bits per heavy atom. The maximum absolute atomic E-state index is 5.28.